The van der Waals surface area contributed by atoms with E-state index in [2.05, 4.69) is 4.98 Å². The van der Waals surface area contributed by atoms with Crippen molar-refractivity contribution >= 4 is 24.4 Å². The molecule has 0 bridgehead atoms. The first-order chi connectivity index (χ1) is 11.5. The number of ether oxygens (including phenoxy) is 5. The Balaban J connectivity index is 2.35. The molecule has 1 aliphatic rings. The van der Waals surface area contributed by atoms with Crippen LogP contribution in [0.5, 0.6) is 0 Å². The second-order valence-corrected chi connectivity index (χ2v) is 6.33. The quantitative estimate of drug-likeness (QED) is 0.549. The van der Waals surface area contributed by atoms with Gasteiger partial charge in [0.05, 0.1) is 19.8 Å². The zero-order chi connectivity index (χ0) is 17.7. The Labute approximate surface area is 151 Å². The molecule has 136 valence electrons. The number of nitrogens with one attached hydrogen (secondary N) is 1. The minimum Gasteiger partial charge on any atom is -0.382 e. The summed E-state index contributed by atoms with van der Waals surface area (Å²) in [7, 11) is 6.75. The molecule has 4 atom stereocenters. The molecular formula is C15H24N2O5S2. The molecular weight excluding hydrogens is 352 g/mol. The monoisotopic (exact) mass is 376 g/mol. The maximum atomic E-state index is 6.16. The number of methoxy groups -OCH3 is 3. The van der Waals surface area contributed by atoms with Crippen LogP contribution in [-0.4, -0.2) is 69.0 Å². The molecule has 7 nitrogen and oxygen atoms in total. The Morgan fingerprint density at radius 1 is 1.17 bits per heavy atom. The molecule has 1 aromatic rings. The lowest BCUT2D eigenvalue weighted by Crippen LogP contribution is -2.37. The summed E-state index contributed by atoms with van der Waals surface area (Å²) in [6, 6.07) is 0. The first-order valence-electron chi connectivity index (χ1n) is 7.61. The lowest BCUT2D eigenvalue weighted by Gasteiger charge is -2.23. The van der Waals surface area contributed by atoms with Crippen molar-refractivity contribution in [2.75, 3.05) is 41.2 Å². The Hall–Kier alpha value is -0.680. The number of hydrogen-bond acceptors (Lipinski definition) is 7. The Morgan fingerprint density at radius 3 is 2.54 bits per heavy atom. The van der Waals surface area contributed by atoms with Crippen LogP contribution in [0.3, 0.4) is 0 Å². The summed E-state index contributed by atoms with van der Waals surface area (Å²) in [6.45, 7) is 1.32. The summed E-state index contributed by atoms with van der Waals surface area (Å²) in [4.78, 5) is 3.01. The predicted octanol–water partition coefficient (Wildman–Crippen LogP) is 1.95. The van der Waals surface area contributed by atoms with Crippen LogP contribution in [0.15, 0.2) is 6.20 Å². The molecule has 0 amide bonds. The molecule has 0 spiro atoms. The third kappa shape index (κ3) is 4.29. The largest absolute Gasteiger partial charge is 0.382 e. The lowest BCUT2D eigenvalue weighted by molar-refractivity contribution is -0.0659. The van der Waals surface area contributed by atoms with Gasteiger partial charge in [0.15, 0.2) is 4.77 Å². The third-order valence-electron chi connectivity index (χ3n) is 3.95. The molecule has 0 saturated carbocycles. The molecule has 2 rings (SSSR count). The van der Waals surface area contributed by atoms with Crippen molar-refractivity contribution < 1.29 is 23.7 Å². The molecule has 24 heavy (non-hydrogen) atoms. The molecule has 0 radical (unpaired) electrons. The van der Waals surface area contributed by atoms with E-state index in [0.29, 0.717) is 29.2 Å². The lowest BCUT2D eigenvalue weighted by atomic mass is 10.0. The molecule has 0 aliphatic carbocycles. The van der Waals surface area contributed by atoms with E-state index in [1.54, 1.807) is 25.9 Å². The standard InChI is InChI=1S/C15H24N2O5S2/c1-17-7-9(14(23)16-15(17)24)11-13(21-6-5-18-2)12(20-4)10(22-11)8-19-3/h7,10-13H,5-6,8H2,1-4H3,(H,16,23,24)/t10-,11+,12?,13?/m1/s1. The van der Waals surface area contributed by atoms with Crippen LogP contribution in [-0.2, 0) is 30.7 Å². The van der Waals surface area contributed by atoms with Crippen molar-refractivity contribution in [1.82, 2.24) is 9.55 Å². The summed E-state index contributed by atoms with van der Waals surface area (Å²) in [5.41, 5.74) is 0.809. The van der Waals surface area contributed by atoms with Crippen molar-refractivity contribution in [2.24, 2.45) is 7.05 Å². The summed E-state index contributed by atoms with van der Waals surface area (Å²) < 4.78 is 31.0. The van der Waals surface area contributed by atoms with Crippen LogP contribution in [0.1, 0.15) is 11.7 Å². The first kappa shape index (κ1) is 19.6. The number of H-pyrrole nitrogens is 1. The highest BCUT2D eigenvalue weighted by Gasteiger charge is 2.47. The molecule has 9 heteroatoms. The highest BCUT2D eigenvalue weighted by atomic mass is 32.1. The van der Waals surface area contributed by atoms with Gasteiger partial charge in [0.1, 0.15) is 29.1 Å². The molecule has 1 aliphatic heterocycles. The van der Waals surface area contributed by atoms with Gasteiger partial charge in [0.25, 0.3) is 0 Å². The van der Waals surface area contributed by atoms with E-state index >= 15 is 0 Å². The molecule has 1 fully saturated rings. The average molecular weight is 377 g/mol. The Kier molecular flexibility index (Phi) is 7.48. The summed E-state index contributed by atoms with van der Waals surface area (Å²) >= 11 is 10.6. The van der Waals surface area contributed by atoms with Gasteiger partial charge in [0.2, 0.25) is 0 Å². The summed E-state index contributed by atoms with van der Waals surface area (Å²) in [5, 5.41) is 0. The Bertz CT molecular complexity index is 647. The number of rotatable bonds is 8. The van der Waals surface area contributed by atoms with Crippen molar-refractivity contribution in [2.45, 2.75) is 24.4 Å². The topological polar surface area (TPSA) is 66.9 Å². The summed E-state index contributed by atoms with van der Waals surface area (Å²) in [5.74, 6) is 0. The smallest absolute Gasteiger partial charge is 0.177 e. The highest BCUT2D eigenvalue weighted by molar-refractivity contribution is 7.72. The number of aromatic nitrogens is 2. The predicted molar refractivity (Wildman–Crippen MR) is 93.3 cm³/mol. The second kappa shape index (κ2) is 9.14. The van der Waals surface area contributed by atoms with E-state index in [1.165, 1.54) is 0 Å². The number of hydrogen-bond donors (Lipinski definition) is 1. The van der Waals surface area contributed by atoms with Gasteiger partial charge >= 0.3 is 0 Å². The fraction of sp³-hybridized carbons (Fsp3) is 0.733. The van der Waals surface area contributed by atoms with Crippen molar-refractivity contribution in [3.8, 4) is 0 Å². The minimum absolute atomic E-state index is 0.250. The van der Waals surface area contributed by atoms with Gasteiger partial charge in [-0.2, -0.15) is 0 Å². The van der Waals surface area contributed by atoms with Crippen LogP contribution >= 0.6 is 24.4 Å². The third-order valence-corrected chi connectivity index (χ3v) is 4.68. The van der Waals surface area contributed by atoms with Gasteiger partial charge in [-0.3, -0.25) is 0 Å². The number of aromatic amines is 1. The van der Waals surface area contributed by atoms with Gasteiger partial charge < -0.3 is 33.2 Å². The fourth-order valence-corrected chi connectivity index (χ4v) is 3.28. The molecule has 0 aromatic carbocycles. The fourth-order valence-electron chi connectivity index (χ4n) is 2.80. The van der Waals surface area contributed by atoms with Gasteiger partial charge in [0, 0.05) is 40.1 Å². The maximum absolute atomic E-state index is 6.16. The minimum atomic E-state index is -0.377. The molecule has 1 aromatic heterocycles. The van der Waals surface area contributed by atoms with E-state index in [1.807, 2.05) is 13.2 Å². The van der Waals surface area contributed by atoms with Gasteiger partial charge in [-0.15, -0.1) is 0 Å². The first-order valence-corrected chi connectivity index (χ1v) is 8.42. The highest BCUT2D eigenvalue weighted by Crippen LogP contribution is 2.37. The second-order valence-electron chi connectivity index (χ2n) is 5.53. The number of aryl methyl sites for hydroxylation is 1. The van der Waals surface area contributed by atoms with E-state index in [0.717, 1.165) is 5.56 Å². The van der Waals surface area contributed by atoms with Gasteiger partial charge in [-0.1, -0.05) is 12.2 Å². The van der Waals surface area contributed by atoms with Crippen LogP contribution in [0, 0.1) is 9.41 Å². The average Bonchev–Trinajstić information content (AvgIpc) is 2.89. The van der Waals surface area contributed by atoms with Crippen molar-refractivity contribution in [3.05, 3.63) is 21.2 Å². The molecule has 1 N–H and O–H groups in total. The van der Waals surface area contributed by atoms with E-state index in [4.69, 9.17) is 48.1 Å². The van der Waals surface area contributed by atoms with Gasteiger partial charge in [-0.25, -0.2) is 0 Å². The van der Waals surface area contributed by atoms with Crippen LogP contribution in [0.2, 0.25) is 0 Å². The summed E-state index contributed by atoms with van der Waals surface area (Å²) in [6.07, 6.45) is 0.657. The zero-order valence-electron chi connectivity index (χ0n) is 14.3. The number of nitrogens with zero attached hydrogens (tertiary/aromatic N) is 1. The van der Waals surface area contributed by atoms with E-state index < -0.39 is 0 Å². The van der Waals surface area contributed by atoms with Crippen molar-refractivity contribution in [3.63, 3.8) is 0 Å². The van der Waals surface area contributed by atoms with E-state index in [-0.39, 0.29) is 24.4 Å². The van der Waals surface area contributed by atoms with Crippen LogP contribution in [0.25, 0.3) is 0 Å². The normalized spacial score (nSPS) is 26.8. The molecule has 2 heterocycles. The maximum Gasteiger partial charge on any atom is 0.177 e. The van der Waals surface area contributed by atoms with E-state index in [9.17, 15) is 0 Å². The zero-order valence-corrected chi connectivity index (χ0v) is 15.9. The molecule has 2 unspecified atom stereocenters. The Morgan fingerprint density at radius 2 is 1.92 bits per heavy atom. The van der Waals surface area contributed by atoms with Crippen molar-refractivity contribution in [1.29, 1.82) is 0 Å². The SMILES string of the molecule is COCCOC1C(OC)[C@@H](COC)O[C@H]1c1cn(C)c(=S)[nH]c1=S. The van der Waals surface area contributed by atoms with Gasteiger partial charge in [-0.05, 0) is 12.2 Å². The van der Waals surface area contributed by atoms with Crippen LogP contribution < -0.4 is 0 Å². The molecule has 1 saturated heterocycles. The van der Waals surface area contributed by atoms with Crippen LogP contribution in [0.4, 0.5) is 0 Å².